The van der Waals surface area contributed by atoms with Crippen molar-refractivity contribution in [3.05, 3.63) is 131 Å². The number of hydrogen-bond donors (Lipinski definition) is 11. The third kappa shape index (κ3) is 21.0. The number of amides is 9. The van der Waals surface area contributed by atoms with Crippen molar-refractivity contribution in [2.75, 3.05) is 18.0 Å². The minimum absolute atomic E-state index is 0.0342. The van der Waals surface area contributed by atoms with Gasteiger partial charge in [0.05, 0.1) is 18.6 Å². The predicted molar refractivity (Wildman–Crippen MR) is 329 cm³/mol. The number of benzene rings is 4. The highest BCUT2D eigenvalue weighted by Crippen LogP contribution is 2.29. The predicted octanol–water partition coefficient (Wildman–Crippen LogP) is 3.43. The van der Waals surface area contributed by atoms with Crippen molar-refractivity contribution < 1.29 is 48.3 Å². The van der Waals surface area contributed by atoms with Crippen molar-refractivity contribution in [3.63, 3.8) is 0 Å². The Labute approximate surface area is 504 Å². The first-order valence-corrected chi connectivity index (χ1v) is 30.2. The van der Waals surface area contributed by atoms with E-state index in [1.807, 2.05) is 26.0 Å². The molecule has 0 radical (unpaired) electrons. The lowest BCUT2D eigenvalue weighted by molar-refractivity contribution is -0.142. The number of rotatable bonds is 30. The monoisotopic (exact) mass is 1180 g/mol. The Morgan fingerprint density at radius 2 is 1.02 bits per heavy atom. The van der Waals surface area contributed by atoms with Gasteiger partial charge in [0.1, 0.15) is 42.3 Å². The van der Waals surface area contributed by atoms with Crippen LogP contribution < -0.4 is 54.4 Å². The number of hydrogen-bond acceptors (Lipinski definition) is 12. The van der Waals surface area contributed by atoms with Crippen molar-refractivity contribution in [2.24, 2.45) is 23.5 Å². The lowest BCUT2D eigenvalue weighted by Crippen LogP contribution is -2.60. The SMILES string of the molecule is CC(=O)N[C@@H](Cc1ccc(N)cc1)C(=O)N1CCC[C@H]1C(=O)N[C@@H](Cc1ccccc1)C(=O)N[C@H](C(=O)N[C@@H](CC1CCCCC1)[C@@H](O)CC(=O)N[C@@H](CC(C)C)C(=O)N[C@@H](Cc1ccccc1)C(=O)N[C@@H](Cc1ccc(N)cc1)C(N)=O)C(C)C. The van der Waals surface area contributed by atoms with E-state index in [4.69, 9.17) is 17.2 Å². The summed E-state index contributed by atoms with van der Waals surface area (Å²) in [5.74, 6) is -6.10. The van der Waals surface area contributed by atoms with E-state index < -0.39 is 120 Å². The summed E-state index contributed by atoms with van der Waals surface area (Å²) in [5, 5.41) is 31.9. The van der Waals surface area contributed by atoms with Gasteiger partial charge in [-0.05, 0) is 90.0 Å². The largest absolute Gasteiger partial charge is 0.399 e. The zero-order chi connectivity index (χ0) is 62.5. The van der Waals surface area contributed by atoms with Crippen molar-refractivity contribution >= 4 is 64.5 Å². The molecule has 9 amide bonds. The fraction of sp³-hybridized carbons (Fsp3) is 0.492. The number of primary amides is 1. The van der Waals surface area contributed by atoms with Gasteiger partial charge in [-0.15, -0.1) is 0 Å². The smallest absolute Gasteiger partial charge is 0.246 e. The van der Waals surface area contributed by atoms with Crippen LogP contribution in [0.4, 0.5) is 11.4 Å². The van der Waals surface area contributed by atoms with E-state index >= 15 is 0 Å². The first-order chi connectivity index (χ1) is 41.0. The molecule has 21 nitrogen and oxygen atoms in total. The Morgan fingerprint density at radius 1 is 0.535 bits per heavy atom. The van der Waals surface area contributed by atoms with Gasteiger partial charge < -0.3 is 64.4 Å². The minimum Gasteiger partial charge on any atom is -0.399 e. The van der Waals surface area contributed by atoms with Crippen molar-refractivity contribution in [2.45, 2.75) is 179 Å². The maximum absolute atomic E-state index is 14.6. The number of nitrogens with one attached hydrogen (secondary N) is 7. The molecule has 0 spiro atoms. The molecule has 86 heavy (non-hydrogen) atoms. The molecule has 6 rings (SSSR count). The first-order valence-electron chi connectivity index (χ1n) is 30.2. The molecular formula is C65H89N11O10. The van der Waals surface area contributed by atoms with Gasteiger partial charge >= 0.3 is 0 Å². The van der Waals surface area contributed by atoms with E-state index in [2.05, 4.69) is 37.2 Å². The molecule has 464 valence electrons. The van der Waals surface area contributed by atoms with Crippen LogP contribution in [0.5, 0.6) is 0 Å². The molecule has 2 aliphatic rings. The molecule has 14 N–H and O–H groups in total. The van der Waals surface area contributed by atoms with Gasteiger partial charge in [0.15, 0.2) is 0 Å². The van der Waals surface area contributed by atoms with Crippen LogP contribution in [0.1, 0.15) is 121 Å². The van der Waals surface area contributed by atoms with Crippen LogP contribution in [0.25, 0.3) is 0 Å². The molecule has 1 saturated heterocycles. The zero-order valence-electron chi connectivity index (χ0n) is 50.2. The van der Waals surface area contributed by atoms with Gasteiger partial charge in [-0.1, -0.05) is 145 Å². The molecule has 21 heteroatoms. The minimum atomic E-state index is -1.45. The molecule has 0 aromatic heterocycles. The third-order valence-corrected chi connectivity index (χ3v) is 15.9. The summed E-state index contributed by atoms with van der Waals surface area (Å²) in [6, 6.07) is 22.9. The fourth-order valence-electron chi connectivity index (χ4n) is 11.3. The topological polar surface area (TPSA) is 339 Å². The lowest BCUT2D eigenvalue weighted by atomic mass is 9.83. The molecule has 1 aliphatic heterocycles. The molecule has 0 bridgehead atoms. The van der Waals surface area contributed by atoms with Crippen LogP contribution in [0.3, 0.4) is 0 Å². The highest BCUT2D eigenvalue weighted by Gasteiger charge is 2.40. The number of nitrogen functional groups attached to an aromatic ring is 2. The molecule has 4 aromatic carbocycles. The molecule has 1 aliphatic carbocycles. The second kappa shape index (κ2) is 32.8. The number of nitrogens with two attached hydrogens (primary N) is 3. The standard InChI is InChI=1S/C65H89N11O10/c1-39(2)32-51(60(81)73-52(35-43-18-11-7-12-19-43)61(82)72-50(59(68)80)34-45-23-27-47(66)28-24-45)70-57(79)38-56(78)49(33-42-16-9-6-10-17-42)71-64(85)58(40(3)4)75-62(83)53(36-44-20-13-8-14-21-44)74-63(84)55-22-15-31-76(55)65(86)54(69-41(5)77)37-46-25-29-48(67)30-26-46/h7-8,11-14,18-21,23-30,39-40,42,49-56,58,78H,6,9-10,15-17,22,31-38,66-67H2,1-5H3,(H2,68,80)(H,69,77)(H,70,79)(H,71,85)(H,72,82)(H,73,81)(H,74,84)(H,75,83)/t49-,50-,51-,52-,53-,54-,55-,56-,58-/m0/s1. The van der Waals surface area contributed by atoms with Crippen molar-refractivity contribution in [1.29, 1.82) is 0 Å². The van der Waals surface area contributed by atoms with Crippen LogP contribution >= 0.6 is 0 Å². The van der Waals surface area contributed by atoms with Crippen LogP contribution in [0, 0.1) is 17.8 Å². The van der Waals surface area contributed by atoms with Crippen LogP contribution in [-0.2, 0) is 68.8 Å². The summed E-state index contributed by atoms with van der Waals surface area (Å²) in [7, 11) is 0. The van der Waals surface area contributed by atoms with Gasteiger partial charge in [-0.25, -0.2) is 0 Å². The Bertz CT molecular complexity index is 2900. The highest BCUT2D eigenvalue weighted by molar-refractivity contribution is 5.97. The van der Waals surface area contributed by atoms with Crippen molar-refractivity contribution in [3.8, 4) is 0 Å². The van der Waals surface area contributed by atoms with Crippen LogP contribution in [-0.4, -0.2) is 124 Å². The van der Waals surface area contributed by atoms with E-state index in [1.165, 1.54) is 11.8 Å². The summed E-state index contributed by atoms with van der Waals surface area (Å²) in [4.78, 5) is 127. The Balaban J connectivity index is 1.16. The van der Waals surface area contributed by atoms with E-state index in [0.717, 1.165) is 37.7 Å². The Kier molecular flexibility index (Phi) is 25.5. The molecule has 2 fully saturated rings. The molecule has 1 heterocycles. The van der Waals surface area contributed by atoms with Crippen LogP contribution in [0.2, 0.25) is 0 Å². The number of aliphatic hydroxyl groups excluding tert-OH is 1. The van der Waals surface area contributed by atoms with Crippen molar-refractivity contribution in [1.82, 2.24) is 42.1 Å². The van der Waals surface area contributed by atoms with Gasteiger partial charge in [0.2, 0.25) is 53.2 Å². The first kappa shape index (κ1) is 66.8. The zero-order valence-corrected chi connectivity index (χ0v) is 50.2. The fourth-order valence-corrected chi connectivity index (χ4v) is 11.3. The molecule has 0 unspecified atom stereocenters. The number of aliphatic hydroxyl groups is 1. The average Bonchev–Trinajstić information content (AvgIpc) is 2.83. The Hall–Kier alpha value is -8.33. The van der Waals surface area contributed by atoms with E-state index in [-0.39, 0.29) is 50.5 Å². The lowest BCUT2D eigenvalue weighted by Gasteiger charge is -2.33. The highest BCUT2D eigenvalue weighted by atomic mass is 16.3. The third-order valence-electron chi connectivity index (χ3n) is 15.9. The number of carbonyl (C=O) groups is 9. The average molecular weight is 1180 g/mol. The molecular weight excluding hydrogens is 1090 g/mol. The molecule has 9 atom stereocenters. The summed E-state index contributed by atoms with van der Waals surface area (Å²) < 4.78 is 0. The van der Waals surface area contributed by atoms with Gasteiger partial charge in [0.25, 0.3) is 0 Å². The summed E-state index contributed by atoms with van der Waals surface area (Å²) in [5.41, 5.74) is 21.4. The normalized spacial score (nSPS) is 17.1. The second-order valence-corrected chi connectivity index (χ2v) is 23.9. The maximum atomic E-state index is 14.6. The van der Waals surface area contributed by atoms with E-state index in [9.17, 15) is 48.3 Å². The van der Waals surface area contributed by atoms with Crippen LogP contribution in [0.15, 0.2) is 109 Å². The maximum Gasteiger partial charge on any atom is 0.246 e. The van der Waals surface area contributed by atoms with E-state index in [0.29, 0.717) is 47.3 Å². The number of nitrogens with zero attached hydrogens (tertiary/aromatic N) is 1. The Morgan fingerprint density at radius 3 is 1.55 bits per heavy atom. The molecule has 1 saturated carbocycles. The summed E-state index contributed by atoms with van der Waals surface area (Å²) in [6.07, 6.45) is 4.22. The van der Waals surface area contributed by atoms with Gasteiger partial charge in [0, 0.05) is 50.5 Å². The number of anilines is 2. The number of carbonyl (C=O) groups excluding carboxylic acids is 9. The summed E-state index contributed by atoms with van der Waals surface area (Å²) in [6.45, 7) is 8.79. The van der Waals surface area contributed by atoms with Gasteiger partial charge in [-0.3, -0.25) is 43.2 Å². The molecule has 4 aromatic rings. The quantitative estimate of drug-likeness (QED) is 0.0335. The van der Waals surface area contributed by atoms with Gasteiger partial charge in [-0.2, -0.15) is 0 Å². The number of likely N-dealkylation sites (tertiary alicyclic amines) is 1. The van der Waals surface area contributed by atoms with E-state index in [1.54, 1.807) is 111 Å². The second-order valence-electron chi connectivity index (χ2n) is 23.9. The summed E-state index contributed by atoms with van der Waals surface area (Å²) >= 11 is 0.